The number of amides is 1. The number of methoxy groups -OCH3 is 1. The summed E-state index contributed by atoms with van der Waals surface area (Å²) in [4.78, 5) is 12.0. The van der Waals surface area contributed by atoms with Crippen molar-refractivity contribution < 1.29 is 27.1 Å². The van der Waals surface area contributed by atoms with Crippen LogP contribution in [0, 0.1) is 0 Å². The average Bonchev–Trinajstić information content (AvgIpc) is 2.96. The highest BCUT2D eigenvalue weighted by molar-refractivity contribution is 5.92. The number of halogens is 3. The SMILES string of the molecule is COC[C@@H](C)NC(=O)c1ccc(-c2cccc(C(F)(F)F)c2)o1. The molecule has 0 aliphatic rings. The third-order valence-electron chi connectivity index (χ3n) is 3.10. The number of carbonyl (C=O) groups is 1. The minimum atomic E-state index is -4.43. The predicted molar refractivity (Wildman–Crippen MR) is 78.0 cm³/mol. The Balaban J connectivity index is 2.18. The van der Waals surface area contributed by atoms with Gasteiger partial charge in [0.05, 0.1) is 12.2 Å². The molecule has 7 heteroatoms. The van der Waals surface area contributed by atoms with Crippen molar-refractivity contribution >= 4 is 5.91 Å². The summed E-state index contributed by atoms with van der Waals surface area (Å²) in [5.41, 5.74) is -0.519. The summed E-state index contributed by atoms with van der Waals surface area (Å²) < 4.78 is 48.4. The summed E-state index contributed by atoms with van der Waals surface area (Å²) >= 11 is 0. The molecule has 2 aromatic rings. The van der Waals surface area contributed by atoms with E-state index >= 15 is 0 Å². The Bertz CT molecular complexity index is 679. The molecular formula is C16H16F3NO3. The van der Waals surface area contributed by atoms with Crippen LogP contribution in [-0.2, 0) is 10.9 Å². The molecule has 1 N–H and O–H groups in total. The molecule has 0 aliphatic carbocycles. The van der Waals surface area contributed by atoms with Crippen LogP contribution in [0.5, 0.6) is 0 Å². The van der Waals surface area contributed by atoms with Crippen molar-refractivity contribution in [3.05, 3.63) is 47.7 Å². The van der Waals surface area contributed by atoms with Gasteiger partial charge < -0.3 is 14.5 Å². The monoisotopic (exact) mass is 327 g/mol. The Morgan fingerprint density at radius 3 is 2.70 bits per heavy atom. The summed E-state index contributed by atoms with van der Waals surface area (Å²) in [5, 5.41) is 2.66. The lowest BCUT2D eigenvalue weighted by atomic mass is 10.1. The molecule has 4 nitrogen and oxygen atoms in total. The molecule has 124 valence electrons. The Hall–Kier alpha value is -2.28. The molecular weight excluding hydrogens is 311 g/mol. The van der Waals surface area contributed by atoms with E-state index in [1.54, 1.807) is 6.92 Å². The molecule has 1 atom stereocenters. The molecule has 0 aliphatic heterocycles. The molecule has 0 saturated carbocycles. The van der Waals surface area contributed by atoms with Crippen LogP contribution in [-0.4, -0.2) is 25.7 Å². The first kappa shape index (κ1) is 17.1. The molecule has 1 heterocycles. The molecule has 0 spiro atoms. The highest BCUT2D eigenvalue weighted by Gasteiger charge is 2.30. The fourth-order valence-corrected chi connectivity index (χ4v) is 2.05. The Kier molecular flexibility index (Phi) is 5.10. The number of alkyl halides is 3. The second-order valence-corrected chi connectivity index (χ2v) is 5.07. The molecule has 1 aromatic heterocycles. The van der Waals surface area contributed by atoms with Crippen molar-refractivity contribution in [1.82, 2.24) is 5.32 Å². The first-order valence-electron chi connectivity index (χ1n) is 6.88. The average molecular weight is 327 g/mol. The highest BCUT2D eigenvalue weighted by Crippen LogP contribution is 2.32. The largest absolute Gasteiger partial charge is 0.451 e. The summed E-state index contributed by atoms with van der Waals surface area (Å²) in [6, 6.07) is 7.41. The summed E-state index contributed by atoms with van der Waals surface area (Å²) in [6.45, 7) is 2.10. The van der Waals surface area contributed by atoms with E-state index in [1.807, 2.05) is 0 Å². The smallest absolute Gasteiger partial charge is 0.416 e. The molecule has 0 saturated heterocycles. The number of hydrogen-bond donors (Lipinski definition) is 1. The van der Waals surface area contributed by atoms with E-state index in [2.05, 4.69) is 5.32 Å². The molecule has 1 aromatic carbocycles. The van der Waals surface area contributed by atoms with Crippen molar-refractivity contribution in [3.63, 3.8) is 0 Å². The highest BCUT2D eigenvalue weighted by atomic mass is 19.4. The van der Waals surface area contributed by atoms with Gasteiger partial charge in [-0.2, -0.15) is 13.2 Å². The lowest BCUT2D eigenvalue weighted by Crippen LogP contribution is -2.35. The van der Waals surface area contributed by atoms with Gasteiger partial charge in [0.2, 0.25) is 0 Å². The van der Waals surface area contributed by atoms with Crippen molar-refractivity contribution in [2.24, 2.45) is 0 Å². The molecule has 1 amide bonds. The van der Waals surface area contributed by atoms with Gasteiger partial charge in [0.1, 0.15) is 5.76 Å². The van der Waals surface area contributed by atoms with Gasteiger partial charge in [0, 0.05) is 18.7 Å². The maximum atomic E-state index is 12.7. The zero-order chi connectivity index (χ0) is 17.0. The molecule has 0 fully saturated rings. The van der Waals surface area contributed by atoms with Crippen molar-refractivity contribution in [1.29, 1.82) is 0 Å². The summed E-state index contributed by atoms with van der Waals surface area (Å²) in [6.07, 6.45) is -4.43. The van der Waals surface area contributed by atoms with Gasteiger partial charge in [0.25, 0.3) is 5.91 Å². The van der Waals surface area contributed by atoms with Crippen LogP contribution in [0.15, 0.2) is 40.8 Å². The number of hydrogen-bond acceptors (Lipinski definition) is 3. The normalized spacial score (nSPS) is 12.9. The van der Waals surface area contributed by atoms with Gasteiger partial charge in [-0.25, -0.2) is 0 Å². The van der Waals surface area contributed by atoms with Gasteiger partial charge in [-0.1, -0.05) is 12.1 Å². The molecule has 23 heavy (non-hydrogen) atoms. The van der Waals surface area contributed by atoms with Crippen LogP contribution in [0.1, 0.15) is 23.0 Å². The Morgan fingerprint density at radius 2 is 2.04 bits per heavy atom. The molecule has 2 rings (SSSR count). The topological polar surface area (TPSA) is 51.5 Å². The van der Waals surface area contributed by atoms with E-state index in [1.165, 1.54) is 31.4 Å². The minimum absolute atomic E-state index is 0.0281. The van der Waals surface area contributed by atoms with E-state index in [0.29, 0.717) is 6.61 Å². The quantitative estimate of drug-likeness (QED) is 0.910. The molecule has 0 unspecified atom stereocenters. The lowest BCUT2D eigenvalue weighted by molar-refractivity contribution is -0.137. The van der Waals surface area contributed by atoms with Crippen LogP contribution < -0.4 is 5.32 Å². The number of benzene rings is 1. The standard InChI is InChI=1S/C16H16F3NO3/c1-10(9-22-2)20-15(21)14-7-6-13(23-14)11-4-3-5-12(8-11)16(17,18)19/h3-8,10H,9H2,1-2H3,(H,20,21)/t10-/m1/s1. The Labute approximate surface area is 131 Å². The number of rotatable bonds is 5. The van der Waals surface area contributed by atoms with Crippen LogP contribution in [0.3, 0.4) is 0 Å². The van der Waals surface area contributed by atoms with E-state index < -0.39 is 17.6 Å². The van der Waals surface area contributed by atoms with Gasteiger partial charge in [-0.05, 0) is 31.2 Å². The summed E-state index contributed by atoms with van der Waals surface area (Å²) in [5.74, 6) is -0.228. The van der Waals surface area contributed by atoms with E-state index in [-0.39, 0.29) is 23.1 Å². The second kappa shape index (κ2) is 6.87. The van der Waals surface area contributed by atoms with Gasteiger partial charge in [-0.3, -0.25) is 4.79 Å². The van der Waals surface area contributed by atoms with Crippen molar-refractivity contribution in [3.8, 4) is 11.3 Å². The second-order valence-electron chi connectivity index (χ2n) is 5.07. The van der Waals surface area contributed by atoms with Gasteiger partial charge in [-0.15, -0.1) is 0 Å². The van der Waals surface area contributed by atoms with Gasteiger partial charge >= 0.3 is 6.18 Å². The maximum absolute atomic E-state index is 12.7. The van der Waals surface area contributed by atoms with Crippen molar-refractivity contribution in [2.75, 3.05) is 13.7 Å². The van der Waals surface area contributed by atoms with E-state index in [4.69, 9.17) is 9.15 Å². The van der Waals surface area contributed by atoms with E-state index in [9.17, 15) is 18.0 Å². The van der Waals surface area contributed by atoms with Crippen molar-refractivity contribution in [2.45, 2.75) is 19.1 Å². The van der Waals surface area contributed by atoms with E-state index in [0.717, 1.165) is 12.1 Å². The zero-order valence-electron chi connectivity index (χ0n) is 12.6. The first-order valence-corrected chi connectivity index (χ1v) is 6.88. The van der Waals surface area contributed by atoms with Crippen LogP contribution in [0.4, 0.5) is 13.2 Å². The fourth-order valence-electron chi connectivity index (χ4n) is 2.05. The predicted octanol–water partition coefficient (Wildman–Crippen LogP) is 3.73. The first-order chi connectivity index (χ1) is 10.8. The van der Waals surface area contributed by atoms with Gasteiger partial charge in [0.15, 0.2) is 5.76 Å². The number of nitrogens with one attached hydrogen (secondary N) is 1. The third-order valence-corrected chi connectivity index (χ3v) is 3.10. The number of ether oxygens (including phenoxy) is 1. The third kappa shape index (κ3) is 4.35. The molecule has 0 radical (unpaired) electrons. The number of carbonyl (C=O) groups excluding carboxylic acids is 1. The molecule has 0 bridgehead atoms. The van der Waals surface area contributed by atoms with Crippen LogP contribution >= 0.6 is 0 Å². The Morgan fingerprint density at radius 1 is 1.30 bits per heavy atom. The van der Waals surface area contributed by atoms with Crippen LogP contribution in [0.25, 0.3) is 11.3 Å². The fraction of sp³-hybridized carbons (Fsp3) is 0.312. The van der Waals surface area contributed by atoms with Crippen LogP contribution in [0.2, 0.25) is 0 Å². The minimum Gasteiger partial charge on any atom is -0.451 e. The maximum Gasteiger partial charge on any atom is 0.416 e. The summed E-state index contributed by atoms with van der Waals surface area (Å²) in [7, 11) is 1.52. The zero-order valence-corrected chi connectivity index (χ0v) is 12.6. The lowest BCUT2D eigenvalue weighted by Gasteiger charge is -2.11. The number of furan rings is 1.